The number of hydrogen-bond acceptors (Lipinski definition) is 2. The van der Waals surface area contributed by atoms with Crippen molar-refractivity contribution in [2.75, 3.05) is 6.54 Å². The van der Waals surface area contributed by atoms with Crippen LogP contribution in [0.2, 0.25) is 0 Å². The molecule has 0 aliphatic rings. The van der Waals surface area contributed by atoms with E-state index in [-0.39, 0.29) is 5.91 Å². The molecule has 0 saturated heterocycles. The van der Waals surface area contributed by atoms with E-state index in [1.165, 1.54) is 12.5 Å². The zero-order valence-corrected chi connectivity index (χ0v) is 7.17. The standard InChI is InChI=1S/C9H13NO2/c1-2-3-5-10-9(11)8-4-6-12-7-8/h4,6-7H,2-3,5H2,1H3,(H,10,11). The maximum absolute atomic E-state index is 11.2. The molecule has 0 aliphatic carbocycles. The third kappa shape index (κ3) is 2.42. The Bertz CT molecular complexity index is 229. The van der Waals surface area contributed by atoms with E-state index < -0.39 is 0 Å². The monoisotopic (exact) mass is 167 g/mol. The third-order valence-electron chi connectivity index (χ3n) is 1.60. The predicted octanol–water partition coefficient (Wildman–Crippen LogP) is 1.81. The van der Waals surface area contributed by atoms with Crippen molar-refractivity contribution < 1.29 is 9.21 Å². The minimum absolute atomic E-state index is 0.0581. The van der Waals surface area contributed by atoms with Gasteiger partial charge < -0.3 is 9.73 Å². The fourth-order valence-electron chi connectivity index (χ4n) is 0.874. The topological polar surface area (TPSA) is 42.2 Å². The van der Waals surface area contributed by atoms with Crippen LogP contribution in [0.1, 0.15) is 30.1 Å². The summed E-state index contributed by atoms with van der Waals surface area (Å²) in [5.74, 6) is -0.0581. The van der Waals surface area contributed by atoms with Crippen molar-refractivity contribution in [2.45, 2.75) is 19.8 Å². The van der Waals surface area contributed by atoms with Gasteiger partial charge in [0.1, 0.15) is 6.26 Å². The zero-order valence-electron chi connectivity index (χ0n) is 7.17. The predicted molar refractivity (Wildman–Crippen MR) is 45.9 cm³/mol. The lowest BCUT2D eigenvalue weighted by atomic mass is 10.3. The van der Waals surface area contributed by atoms with Crippen LogP contribution in [0, 0.1) is 0 Å². The highest BCUT2D eigenvalue weighted by atomic mass is 16.3. The van der Waals surface area contributed by atoms with Crippen LogP contribution in [0.25, 0.3) is 0 Å². The van der Waals surface area contributed by atoms with Gasteiger partial charge in [-0.1, -0.05) is 13.3 Å². The van der Waals surface area contributed by atoms with Gasteiger partial charge in [0.2, 0.25) is 0 Å². The van der Waals surface area contributed by atoms with Crippen molar-refractivity contribution >= 4 is 5.91 Å². The molecule has 1 aromatic rings. The molecule has 0 spiro atoms. The van der Waals surface area contributed by atoms with E-state index in [1.807, 2.05) is 0 Å². The minimum atomic E-state index is -0.0581. The highest BCUT2D eigenvalue weighted by molar-refractivity contribution is 5.93. The molecule has 3 nitrogen and oxygen atoms in total. The highest BCUT2D eigenvalue weighted by Crippen LogP contribution is 1.98. The molecule has 0 saturated carbocycles. The van der Waals surface area contributed by atoms with Crippen molar-refractivity contribution in [2.24, 2.45) is 0 Å². The van der Waals surface area contributed by atoms with E-state index in [2.05, 4.69) is 12.2 Å². The van der Waals surface area contributed by atoms with Gasteiger partial charge >= 0.3 is 0 Å². The number of carbonyl (C=O) groups is 1. The van der Waals surface area contributed by atoms with Gasteiger partial charge in [0.15, 0.2) is 0 Å². The zero-order chi connectivity index (χ0) is 8.81. The van der Waals surface area contributed by atoms with Crippen molar-refractivity contribution in [3.8, 4) is 0 Å². The molecule has 3 heteroatoms. The van der Waals surface area contributed by atoms with E-state index in [1.54, 1.807) is 6.07 Å². The summed E-state index contributed by atoms with van der Waals surface area (Å²) < 4.78 is 4.78. The van der Waals surface area contributed by atoms with Crippen molar-refractivity contribution in [1.82, 2.24) is 5.32 Å². The Labute approximate surface area is 71.8 Å². The lowest BCUT2D eigenvalue weighted by Gasteiger charge is -2.00. The lowest BCUT2D eigenvalue weighted by molar-refractivity contribution is 0.0952. The Morgan fingerprint density at radius 3 is 3.08 bits per heavy atom. The maximum atomic E-state index is 11.2. The quantitative estimate of drug-likeness (QED) is 0.695. The summed E-state index contributed by atoms with van der Waals surface area (Å²) in [5.41, 5.74) is 0.589. The summed E-state index contributed by atoms with van der Waals surface area (Å²) in [6.45, 7) is 2.82. The first kappa shape index (κ1) is 8.84. The molecule has 0 aromatic carbocycles. The summed E-state index contributed by atoms with van der Waals surface area (Å²) in [6, 6.07) is 1.65. The van der Waals surface area contributed by atoms with Gasteiger partial charge in [-0.3, -0.25) is 4.79 Å². The summed E-state index contributed by atoms with van der Waals surface area (Å²) in [7, 11) is 0. The lowest BCUT2D eigenvalue weighted by Crippen LogP contribution is -2.23. The molecule has 12 heavy (non-hydrogen) atoms. The molecular formula is C9H13NO2. The summed E-state index contributed by atoms with van der Waals surface area (Å²) in [5, 5.41) is 2.79. The summed E-state index contributed by atoms with van der Waals surface area (Å²) in [4.78, 5) is 11.2. The molecule has 0 aliphatic heterocycles. The van der Waals surface area contributed by atoms with E-state index in [0.717, 1.165) is 19.4 Å². The van der Waals surface area contributed by atoms with Gasteiger partial charge in [0.05, 0.1) is 11.8 Å². The van der Waals surface area contributed by atoms with Crippen molar-refractivity contribution in [3.05, 3.63) is 24.2 Å². The van der Waals surface area contributed by atoms with Crippen LogP contribution in [0.4, 0.5) is 0 Å². The van der Waals surface area contributed by atoms with Gasteiger partial charge in [-0.15, -0.1) is 0 Å². The first-order valence-electron chi connectivity index (χ1n) is 4.15. The molecule has 1 amide bonds. The SMILES string of the molecule is CCCCNC(=O)c1ccoc1. The van der Waals surface area contributed by atoms with Gasteiger partial charge in [-0.2, -0.15) is 0 Å². The summed E-state index contributed by atoms with van der Waals surface area (Å²) >= 11 is 0. The second kappa shape index (κ2) is 4.59. The van der Waals surface area contributed by atoms with Crippen molar-refractivity contribution in [3.63, 3.8) is 0 Å². The van der Waals surface area contributed by atoms with Crippen LogP contribution in [-0.2, 0) is 0 Å². The fraction of sp³-hybridized carbons (Fsp3) is 0.444. The van der Waals surface area contributed by atoms with Crippen molar-refractivity contribution in [1.29, 1.82) is 0 Å². The second-order valence-corrected chi connectivity index (χ2v) is 2.62. The average molecular weight is 167 g/mol. The molecule has 1 rings (SSSR count). The second-order valence-electron chi connectivity index (χ2n) is 2.62. The number of hydrogen-bond donors (Lipinski definition) is 1. The molecule has 0 radical (unpaired) electrons. The largest absolute Gasteiger partial charge is 0.472 e. The van der Waals surface area contributed by atoms with Gasteiger partial charge in [-0.25, -0.2) is 0 Å². The van der Waals surface area contributed by atoms with E-state index in [9.17, 15) is 4.79 Å². The molecule has 0 fully saturated rings. The van der Waals surface area contributed by atoms with Crippen LogP contribution in [0.3, 0.4) is 0 Å². The molecule has 0 bridgehead atoms. The number of unbranched alkanes of at least 4 members (excludes halogenated alkanes) is 1. The molecule has 1 aromatic heterocycles. The Kier molecular flexibility index (Phi) is 3.38. The Morgan fingerprint density at radius 2 is 2.50 bits per heavy atom. The summed E-state index contributed by atoms with van der Waals surface area (Å²) in [6.07, 6.45) is 5.05. The highest BCUT2D eigenvalue weighted by Gasteiger charge is 2.04. The molecular weight excluding hydrogens is 154 g/mol. The molecule has 0 unspecified atom stereocenters. The first-order valence-corrected chi connectivity index (χ1v) is 4.15. The molecule has 0 atom stereocenters. The molecule has 1 heterocycles. The smallest absolute Gasteiger partial charge is 0.254 e. The minimum Gasteiger partial charge on any atom is -0.472 e. The Hall–Kier alpha value is -1.25. The fourth-order valence-corrected chi connectivity index (χ4v) is 0.874. The van der Waals surface area contributed by atoms with E-state index >= 15 is 0 Å². The normalized spacial score (nSPS) is 9.75. The maximum Gasteiger partial charge on any atom is 0.254 e. The number of rotatable bonds is 4. The third-order valence-corrected chi connectivity index (χ3v) is 1.60. The van der Waals surface area contributed by atoms with Gasteiger partial charge in [0, 0.05) is 6.54 Å². The first-order chi connectivity index (χ1) is 5.84. The van der Waals surface area contributed by atoms with E-state index in [4.69, 9.17) is 4.42 Å². The van der Waals surface area contributed by atoms with Crippen LogP contribution in [0.15, 0.2) is 23.0 Å². The van der Waals surface area contributed by atoms with Gasteiger partial charge in [0.25, 0.3) is 5.91 Å². The number of nitrogens with one attached hydrogen (secondary N) is 1. The molecule has 1 N–H and O–H groups in total. The number of furan rings is 1. The number of amides is 1. The Balaban J connectivity index is 2.30. The van der Waals surface area contributed by atoms with E-state index in [0.29, 0.717) is 5.56 Å². The number of carbonyl (C=O) groups excluding carboxylic acids is 1. The molecule has 66 valence electrons. The van der Waals surface area contributed by atoms with Crippen LogP contribution >= 0.6 is 0 Å². The average Bonchev–Trinajstić information content (AvgIpc) is 2.56. The van der Waals surface area contributed by atoms with Crippen LogP contribution in [-0.4, -0.2) is 12.5 Å². The van der Waals surface area contributed by atoms with Crippen LogP contribution in [0.5, 0.6) is 0 Å². The van der Waals surface area contributed by atoms with Gasteiger partial charge in [-0.05, 0) is 12.5 Å². The van der Waals surface area contributed by atoms with Crippen LogP contribution < -0.4 is 5.32 Å². The Morgan fingerprint density at radius 1 is 1.67 bits per heavy atom.